The van der Waals surface area contributed by atoms with Crippen molar-refractivity contribution in [3.8, 4) is 0 Å². The number of allylic oxidation sites excluding steroid dienone is 1. The van der Waals surface area contributed by atoms with Crippen molar-refractivity contribution in [3.63, 3.8) is 0 Å². The van der Waals surface area contributed by atoms with Gasteiger partial charge in [-0.05, 0) is 23.8 Å². The van der Waals surface area contributed by atoms with Crippen LogP contribution in [0, 0.1) is 0 Å². The normalized spacial score (nSPS) is 12.4. The molecule has 0 N–H and O–H groups in total. The Kier molecular flexibility index (Phi) is 3.98. The number of rotatable bonds is 3. The lowest BCUT2D eigenvalue weighted by Crippen LogP contribution is -2.05. The minimum absolute atomic E-state index is 0.243. The molecular weight excluding hydrogens is 243 g/mol. The zero-order valence-corrected chi connectivity index (χ0v) is 8.34. The van der Waals surface area contributed by atoms with Gasteiger partial charge in [0, 0.05) is 0 Å². The van der Waals surface area contributed by atoms with Crippen LogP contribution in [0.2, 0.25) is 0 Å². The van der Waals surface area contributed by atoms with Gasteiger partial charge in [-0.1, -0.05) is 18.2 Å². The summed E-state index contributed by atoms with van der Waals surface area (Å²) in [5.74, 6) is -1.38. The van der Waals surface area contributed by atoms with Gasteiger partial charge in [0.15, 0.2) is 0 Å². The molecule has 0 fully saturated rings. The third-order valence-electron chi connectivity index (χ3n) is 1.89. The quantitative estimate of drug-likeness (QED) is 0.592. The summed E-state index contributed by atoms with van der Waals surface area (Å²) in [6.07, 6.45) is -5.89. The van der Waals surface area contributed by atoms with E-state index in [4.69, 9.17) is 0 Å². The highest BCUT2D eigenvalue weighted by molar-refractivity contribution is 5.95. The molecule has 0 amide bonds. The van der Waals surface area contributed by atoms with E-state index < -0.39 is 23.9 Å². The molecule has 0 bridgehead atoms. The van der Waals surface area contributed by atoms with Crippen LogP contribution < -0.4 is 0 Å². The average molecular weight is 250 g/mol. The van der Waals surface area contributed by atoms with E-state index in [-0.39, 0.29) is 5.56 Å². The van der Waals surface area contributed by atoms with Gasteiger partial charge in [0.2, 0.25) is 5.78 Å². The first-order valence-electron chi connectivity index (χ1n) is 4.48. The molecule has 0 aromatic heterocycles. The van der Waals surface area contributed by atoms with Gasteiger partial charge >= 0.3 is 6.18 Å². The number of carbonyl (C=O) groups is 1. The molecule has 0 aliphatic heterocycles. The van der Waals surface area contributed by atoms with Gasteiger partial charge in [0.25, 0.3) is 6.43 Å². The molecule has 1 nitrogen and oxygen atoms in total. The maximum absolute atomic E-state index is 12.2. The van der Waals surface area contributed by atoms with E-state index in [1.807, 2.05) is 0 Å². The Hall–Kier alpha value is -1.72. The fraction of sp³-hybridized carbons (Fsp3) is 0.182. The summed E-state index contributed by atoms with van der Waals surface area (Å²) in [7, 11) is 0. The van der Waals surface area contributed by atoms with Gasteiger partial charge in [-0.2, -0.15) is 13.2 Å². The number of hydrogen-bond donors (Lipinski definition) is 0. The lowest BCUT2D eigenvalue weighted by molar-refractivity contribution is -0.137. The highest BCUT2D eigenvalue weighted by Crippen LogP contribution is 2.29. The molecule has 1 aromatic rings. The summed E-state index contributed by atoms with van der Waals surface area (Å²) in [5, 5.41) is 0. The van der Waals surface area contributed by atoms with E-state index in [1.165, 1.54) is 0 Å². The van der Waals surface area contributed by atoms with Crippen molar-refractivity contribution in [3.05, 3.63) is 41.5 Å². The number of ketones is 1. The van der Waals surface area contributed by atoms with Crippen LogP contribution in [0.1, 0.15) is 11.1 Å². The molecule has 0 spiro atoms. The molecule has 1 aromatic carbocycles. The predicted molar refractivity (Wildman–Crippen MR) is 51.5 cm³/mol. The van der Waals surface area contributed by atoms with Crippen molar-refractivity contribution in [1.29, 1.82) is 0 Å². The topological polar surface area (TPSA) is 17.1 Å². The van der Waals surface area contributed by atoms with E-state index in [2.05, 4.69) is 0 Å². The monoisotopic (exact) mass is 250 g/mol. The van der Waals surface area contributed by atoms with Crippen LogP contribution in [0.25, 0.3) is 6.08 Å². The highest BCUT2D eigenvalue weighted by Gasteiger charge is 2.29. The number of halogens is 5. The highest BCUT2D eigenvalue weighted by atomic mass is 19.4. The van der Waals surface area contributed by atoms with Crippen molar-refractivity contribution < 1.29 is 26.7 Å². The smallest absolute Gasteiger partial charge is 0.288 e. The molecule has 0 saturated carbocycles. The number of carbonyl (C=O) groups excluding carboxylic acids is 1. The van der Waals surface area contributed by atoms with E-state index in [0.29, 0.717) is 6.08 Å². The van der Waals surface area contributed by atoms with Crippen molar-refractivity contribution >= 4 is 11.9 Å². The first-order valence-corrected chi connectivity index (χ1v) is 4.48. The van der Waals surface area contributed by atoms with Gasteiger partial charge in [0.05, 0.1) is 5.56 Å². The van der Waals surface area contributed by atoms with Crippen molar-refractivity contribution in [2.45, 2.75) is 12.6 Å². The van der Waals surface area contributed by atoms with Crippen LogP contribution in [-0.2, 0) is 11.0 Å². The molecular formula is C11H7F5O. The van der Waals surface area contributed by atoms with Gasteiger partial charge in [-0.25, -0.2) is 8.78 Å². The van der Waals surface area contributed by atoms with Crippen molar-refractivity contribution in [2.75, 3.05) is 0 Å². The zero-order valence-electron chi connectivity index (χ0n) is 8.34. The molecule has 0 aliphatic carbocycles. The number of alkyl halides is 5. The second-order valence-electron chi connectivity index (χ2n) is 3.16. The van der Waals surface area contributed by atoms with Gasteiger partial charge < -0.3 is 0 Å². The maximum Gasteiger partial charge on any atom is 0.416 e. The fourth-order valence-corrected chi connectivity index (χ4v) is 1.03. The molecule has 92 valence electrons. The molecule has 0 unspecified atom stereocenters. The third-order valence-corrected chi connectivity index (χ3v) is 1.89. The van der Waals surface area contributed by atoms with Gasteiger partial charge in [-0.3, -0.25) is 4.79 Å². The molecule has 0 heterocycles. The first kappa shape index (κ1) is 13.3. The summed E-state index contributed by atoms with van der Waals surface area (Å²) in [6, 6.07) is 3.81. The Morgan fingerprint density at radius 1 is 1.12 bits per heavy atom. The minimum Gasteiger partial charge on any atom is -0.288 e. The van der Waals surface area contributed by atoms with Crippen LogP contribution in [0.3, 0.4) is 0 Å². The Labute approximate surface area is 93.6 Å². The lowest BCUT2D eigenvalue weighted by atomic mass is 10.1. The molecule has 0 saturated heterocycles. The predicted octanol–water partition coefficient (Wildman–Crippen LogP) is 3.55. The molecule has 0 aliphatic rings. The Morgan fingerprint density at radius 2 is 1.65 bits per heavy atom. The molecule has 1 rings (SSSR count). The van der Waals surface area contributed by atoms with E-state index in [0.717, 1.165) is 30.3 Å². The third kappa shape index (κ3) is 3.97. The van der Waals surface area contributed by atoms with E-state index in [9.17, 15) is 26.7 Å². The van der Waals surface area contributed by atoms with Crippen LogP contribution in [0.5, 0.6) is 0 Å². The summed E-state index contributed by atoms with van der Waals surface area (Å²) >= 11 is 0. The van der Waals surface area contributed by atoms with Crippen LogP contribution in [0.4, 0.5) is 22.0 Å². The summed E-state index contributed by atoms with van der Waals surface area (Å²) in [4.78, 5) is 10.5. The Bertz CT molecular complexity index is 416. The van der Waals surface area contributed by atoms with Crippen LogP contribution in [0.15, 0.2) is 30.3 Å². The van der Waals surface area contributed by atoms with Crippen LogP contribution >= 0.6 is 0 Å². The first-order chi connectivity index (χ1) is 7.80. The van der Waals surface area contributed by atoms with Crippen molar-refractivity contribution in [1.82, 2.24) is 0 Å². The molecule has 0 atom stereocenters. The average Bonchev–Trinajstić information content (AvgIpc) is 2.25. The summed E-state index contributed by atoms with van der Waals surface area (Å²) in [6.45, 7) is 0. The fourth-order valence-electron chi connectivity index (χ4n) is 1.03. The summed E-state index contributed by atoms with van der Waals surface area (Å²) in [5.41, 5.74) is -0.596. The molecule has 17 heavy (non-hydrogen) atoms. The second-order valence-corrected chi connectivity index (χ2v) is 3.16. The lowest BCUT2D eigenvalue weighted by Gasteiger charge is -2.05. The zero-order chi connectivity index (χ0) is 13.1. The maximum atomic E-state index is 12.2. The second kappa shape index (κ2) is 5.07. The minimum atomic E-state index is -4.44. The summed E-state index contributed by atoms with van der Waals surface area (Å²) < 4.78 is 60.1. The Morgan fingerprint density at radius 3 is 2.06 bits per heavy atom. The van der Waals surface area contributed by atoms with E-state index in [1.54, 1.807) is 0 Å². The van der Waals surface area contributed by atoms with Crippen LogP contribution in [-0.4, -0.2) is 12.2 Å². The Balaban J connectivity index is 2.79. The largest absolute Gasteiger partial charge is 0.416 e. The molecule has 6 heteroatoms. The van der Waals surface area contributed by atoms with E-state index >= 15 is 0 Å². The number of benzene rings is 1. The molecule has 0 radical (unpaired) electrons. The van der Waals surface area contributed by atoms with Crippen molar-refractivity contribution in [2.24, 2.45) is 0 Å². The van der Waals surface area contributed by atoms with Gasteiger partial charge in [-0.15, -0.1) is 0 Å². The SMILES string of the molecule is O=C(/C=C/c1ccc(C(F)(F)F)cc1)C(F)F. The number of hydrogen-bond acceptors (Lipinski definition) is 1. The van der Waals surface area contributed by atoms with Gasteiger partial charge in [0.1, 0.15) is 0 Å². The standard InChI is InChI=1S/C11H7F5O/c12-10(13)9(17)6-3-7-1-4-8(5-2-7)11(14,15)16/h1-6,10H/b6-3+.